The third-order valence-electron chi connectivity index (χ3n) is 3.35. The summed E-state index contributed by atoms with van der Waals surface area (Å²) in [6, 6.07) is 6.36. The Bertz CT molecular complexity index is 615. The Balaban J connectivity index is 2.52. The number of hydrogen-bond donors (Lipinski definition) is 1. The van der Waals surface area contributed by atoms with Crippen LogP contribution in [-0.2, 0) is 0 Å². The van der Waals surface area contributed by atoms with E-state index in [1.165, 1.54) is 12.1 Å². The van der Waals surface area contributed by atoms with Crippen LogP contribution in [0.4, 0.5) is 13.2 Å². The fourth-order valence-electron chi connectivity index (χ4n) is 2.38. The van der Waals surface area contributed by atoms with Crippen molar-refractivity contribution in [2.45, 2.75) is 19.9 Å². The Kier molecular flexibility index (Phi) is 4.14. The number of hydrogen-bond acceptors (Lipinski definition) is 1. The minimum atomic E-state index is -0.621. The van der Waals surface area contributed by atoms with Crippen molar-refractivity contribution in [3.05, 3.63) is 70.0 Å². The summed E-state index contributed by atoms with van der Waals surface area (Å²) in [5, 5.41) is 2.98. The van der Waals surface area contributed by atoms with Crippen LogP contribution in [0.3, 0.4) is 0 Å². The molecular weight excluding hydrogens is 263 g/mol. The van der Waals surface area contributed by atoms with Crippen LogP contribution in [0.25, 0.3) is 0 Å². The summed E-state index contributed by atoms with van der Waals surface area (Å²) in [5.41, 5.74) is 2.08. The molecule has 0 aromatic heterocycles. The molecule has 0 saturated carbocycles. The van der Waals surface area contributed by atoms with Gasteiger partial charge in [0.25, 0.3) is 0 Å². The van der Waals surface area contributed by atoms with Crippen molar-refractivity contribution in [3.8, 4) is 0 Å². The molecule has 2 aromatic carbocycles. The first-order valence-corrected chi connectivity index (χ1v) is 6.33. The largest absolute Gasteiger partial charge is 0.309 e. The van der Waals surface area contributed by atoms with E-state index in [-0.39, 0.29) is 5.82 Å². The zero-order chi connectivity index (χ0) is 14.9. The quantitative estimate of drug-likeness (QED) is 0.894. The lowest BCUT2D eigenvalue weighted by Crippen LogP contribution is -2.19. The van der Waals surface area contributed by atoms with Gasteiger partial charge in [-0.15, -0.1) is 0 Å². The van der Waals surface area contributed by atoms with Crippen molar-refractivity contribution in [2.24, 2.45) is 0 Å². The molecule has 1 nitrogen and oxygen atoms in total. The van der Waals surface area contributed by atoms with Crippen LogP contribution in [0.2, 0.25) is 0 Å². The first-order valence-electron chi connectivity index (χ1n) is 6.33. The molecule has 2 rings (SSSR count). The highest BCUT2D eigenvalue weighted by atomic mass is 19.1. The molecule has 2 aromatic rings. The van der Waals surface area contributed by atoms with Gasteiger partial charge in [0.15, 0.2) is 0 Å². The summed E-state index contributed by atoms with van der Waals surface area (Å²) in [4.78, 5) is 0. The highest BCUT2D eigenvalue weighted by molar-refractivity contribution is 5.38. The van der Waals surface area contributed by atoms with Crippen molar-refractivity contribution in [3.63, 3.8) is 0 Å². The van der Waals surface area contributed by atoms with E-state index in [2.05, 4.69) is 5.32 Å². The molecule has 0 amide bonds. The van der Waals surface area contributed by atoms with Gasteiger partial charge in [-0.05, 0) is 43.7 Å². The van der Waals surface area contributed by atoms with E-state index in [1.807, 2.05) is 0 Å². The highest BCUT2D eigenvalue weighted by Gasteiger charge is 2.18. The highest BCUT2D eigenvalue weighted by Crippen LogP contribution is 2.27. The molecule has 0 aliphatic heterocycles. The minimum Gasteiger partial charge on any atom is -0.309 e. The molecule has 0 radical (unpaired) electrons. The molecule has 1 N–H and O–H groups in total. The van der Waals surface area contributed by atoms with Crippen molar-refractivity contribution >= 4 is 0 Å². The van der Waals surface area contributed by atoms with Crippen molar-refractivity contribution < 1.29 is 13.2 Å². The first kappa shape index (κ1) is 14.6. The lowest BCUT2D eigenvalue weighted by atomic mass is 9.95. The summed E-state index contributed by atoms with van der Waals surface area (Å²) >= 11 is 0. The van der Waals surface area contributed by atoms with Crippen LogP contribution in [0.15, 0.2) is 30.3 Å². The summed E-state index contributed by atoms with van der Waals surface area (Å²) in [6.07, 6.45) is 0. The number of rotatable bonds is 3. The van der Waals surface area contributed by atoms with Gasteiger partial charge in [-0.2, -0.15) is 0 Å². The second-order valence-corrected chi connectivity index (χ2v) is 4.86. The number of benzene rings is 2. The Hall–Kier alpha value is -1.81. The number of nitrogens with one attached hydrogen (secondary N) is 1. The third kappa shape index (κ3) is 2.70. The molecule has 20 heavy (non-hydrogen) atoms. The van der Waals surface area contributed by atoms with E-state index in [1.54, 1.807) is 33.0 Å². The van der Waals surface area contributed by atoms with Gasteiger partial charge in [0, 0.05) is 11.6 Å². The fourth-order valence-corrected chi connectivity index (χ4v) is 2.38. The predicted octanol–water partition coefficient (Wildman–Crippen LogP) is 4.03. The maximum Gasteiger partial charge on any atom is 0.131 e. The van der Waals surface area contributed by atoms with Crippen LogP contribution in [0.1, 0.15) is 28.3 Å². The number of halogens is 3. The molecule has 106 valence electrons. The van der Waals surface area contributed by atoms with Gasteiger partial charge in [0.1, 0.15) is 17.5 Å². The van der Waals surface area contributed by atoms with Crippen LogP contribution >= 0.6 is 0 Å². The van der Waals surface area contributed by atoms with Gasteiger partial charge in [-0.25, -0.2) is 13.2 Å². The second kappa shape index (κ2) is 5.67. The molecule has 0 spiro atoms. The lowest BCUT2D eigenvalue weighted by molar-refractivity contribution is 0.550. The molecule has 1 unspecified atom stereocenters. The van der Waals surface area contributed by atoms with E-state index in [0.717, 1.165) is 11.6 Å². The van der Waals surface area contributed by atoms with Gasteiger partial charge < -0.3 is 5.32 Å². The van der Waals surface area contributed by atoms with Gasteiger partial charge in [0.05, 0.1) is 6.04 Å². The van der Waals surface area contributed by atoms with Crippen LogP contribution in [0, 0.1) is 31.3 Å². The molecule has 0 aliphatic rings. The standard InChI is InChI=1S/C16H16F3N/c1-9-6-11(7-10(2)15(9)19)16(20-3)13-5-4-12(17)8-14(13)18/h4-8,16,20H,1-3H3. The Morgan fingerprint density at radius 2 is 1.55 bits per heavy atom. The second-order valence-electron chi connectivity index (χ2n) is 4.86. The first-order chi connectivity index (χ1) is 9.43. The summed E-state index contributed by atoms with van der Waals surface area (Å²) in [5.74, 6) is -1.50. The summed E-state index contributed by atoms with van der Waals surface area (Å²) in [6.45, 7) is 3.33. The zero-order valence-electron chi connectivity index (χ0n) is 11.6. The summed E-state index contributed by atoms with van der Waals surface area (Å²) < 4.78 is 40.6. The van der Waals surface area contributed by atoms with E-state index < -0.39 is 17.7 Å². The fraction of sp³-hybridized carbons (Fsp3) is 0.250. The Morgan fingerprint density at radius 1 is 0.950 bits per heavy atom. The topological polar surface area (TPSA) is 12.0 Å². The normalized spacial score (nSPS) is 12.5. The number of aryl methyl sites for hydroxylation is 2. The average molecular weight is 279 g/mol. The molecule has 0 fully saturated rings. The van der Waals surface area contributed by atoms with E-state index >= 15 is 0 Å². The molecule has 4 heteroatoms. The Morgan fingerprint density at radius 3 is 2.05 bits per heavy atom. The molecule has 1 atom stereocenters. The SMILES string of the molecule is CNC(c1cc(C)c(F)c(C)c1)c1ccc(F)cc1F. The maximum atomic E-state index is 13.9. The molecular formula is C16H16F3N. The maximum absolute atomic E-state index is 13.9. The Labute approximate surface area is 116 Å². The minimum absolute atomic E-state index is 0.261. The van der Waals surface area contributed by atoms with Crippen molar-refractivity contribution in [1.82, 2.24) is 5.32 Å². The van der Waals surface area contributed by atoms with Crippen LogP contribution in [0.5, 0.6) is 0 Å². The predicted molar refractivity (Wildman–Crippen MR) is 73.1 cm³/mol. The van der Waals surface area contributed by atoms with Crippen molar-refractivity contribution in [1.29, 1.82) is 0 Å². The lowest BCUT2D eigenvalue weighted by Gasteiger charge is -2.19. The smallest absolute Gasteiger partial charge is 0.131 e. The van der Waals surface area contributed by atoms with E-state index in [4.69, 9.17) is 0 Å². The van der Waals surface area contributed by atoms with Crippen molar-refractivity contribution in [2.75, 3.05) is 7.05 Å². The third-order valence-corrected chi connectivity index (χ3v) is 3.35. The van der Waals surface area contributed by atoms with Crippen LogP contribution in [-0.4, -0.2) is 7.05 Å². The monoisotopic (exact) mass is 279 g/mol. The van der Waals surface area contributed by atoms with E-state index in [0.29, 0.717) is 16.7 Å². The van der Waals surface area contributed by atoms with Gasteiger partial charge >= 0.3 is 0 Å². The van der Waals surface area contributed by atoms with Gasteiger partial charge in [-0.3, -0.25) is 0 Å². The summed E-state index contributed by atoms with van der Waals surface area (Å²) in [7, 11) is 1.68. The zero-order valence-corrected chi connectivity index (χ0v) is 11.6. The molecule has 0 aliphatic carbocycles. The average Bonchev–Trinajstić information content (AvgIpc) is 2.39. The molecule has 0 saturated heterocycles. The van der Waals surface area contributed by atoms with Gasteiger partial charge in [0.2, 0.25) is 0 Å². The van der Waals surface area contributed by atoms with E-state index in [9.17, 15) is 13.2 Å². The molecule has 0 heterocycles. The van der Waals surface area contributed by atoms with Gasteiger partial charge in [-0.1, -0.05) is 18.2 Å². The molecule has 0 bridgehead atoms. The van der Waals surface area contributed by atoms with Crippen LogP contribution < -0.4 is 5.32 Å².